The number of methoxy groups -OCH3 is 1. The maximum atomic E-state index is 13.0. The first-order valence-electron chi connectivity index (χ1n) is 5.23. The van der Waals surface area contributed by atoms with E-state index in [1.807, 2.05) is 0 Å². The third-order valence-corrected chi connectivity index (χ3v) is 2.24. The van der Waals surface area contributed by atoms with Gasteiger partial charge in [0.2, 0.25) is 5.88 Å². The number of halogens is 3. The lowest BCUT2D eigenvalue weighted by molar-refractivity contribution is 0.177. The van der Waals surface area contributed by atoms with Crippen molar-refractivity contribution in [2.45, 2.75) is 6.61 Å². The number of ether oxygens (including phenoxy) is 2. The van der Waals surface area contributed by atoms with Gasteiger partial charge < -0.3 is 9.47 Å². The molecular formula is C12H9ClF2N2O2. The van der Waals surface area contributed by atoms with Crippen LogP contribution in [0.4, 0.5) is 8.78 Å². The van der Waals surface area contributed by atoms with E-state index in [0.29, 0.717) is 5.82 Å². The Hall–Kier alpha value is -1.79. The fourth-order valence-corrected chi connectivity index (χ4v) is 1.59. The molecule has 0 spiro atoms. The van der Waals surface area contributed by atoms with Crippen molar-refractivity contribution < 1.29 is 18.3 Å². The van der Waals surface area contributed by atoms with Crippen LogP contribution in [0, 0.1) is 11.6 Å². The monoisotopic (exact) mass is 286 g/mol. The number of nitrogens with zero attached hydrogens (tertiary/aromatic N) is 2. The second kappa shape index (κ2) is 5.90. The van der Waals surface area contributed by atoms with Gasteiger partial charge in [0.1, 0.15) is 29.1 Å². The Balaban J connectivity index is 2.27. The van der Waals surface area contributed by atoms with E-state index >= 15 is 0 Å². The number of hydrogen-bond acceptors (Lipinski definition) is 4. The molecule has 0 atom stereocenters. The molecule has 1 heterocycles. The highest BCUT2D eigenvalue weighted by atomic mass is 35.5. The van der Waals surface area contributed by atoms with Crippen molar-refractivity contribution in [1.29, 1.82) is 0 Å². The summed E-state index contributed by atoms with van der Waals surface area (Å²) >= 11 is 5.78. The molecule has 0 fully saturated rings. The van der Waals surface area contributed by atoms with Crippen LogP contribution in [-0.2, 0) is 11.3 Å². The summed E-state index contributed by atoms with van der Waals surface area (Å²) in [5.74, 6) is -1.12. The predicted octanol–water partition coefficient (Wildman–Crippen LogP) is 3.35. The first-order chi connectivity index (χ1) is 9.06. The van der Waals surface area contributed by atoms with Crippen LogP contribution in [0.25, 0.3) is 0 Å². The highest BCUT2D eigenvalue weighted by Crippen LogP contribution is 2.23. The summed E-state index contributed by atoms with van der Waals surface area (Å²) < 4.78 is 36.1. The highest BCUT2D eigenvalue weighted by Gasteiger charge is 2.07. The Morgan fingerprint density at radius 1 is 1.11 bits per heavy atom. The summed E-state index contributed by atoms with van der Waals surface area (Å²) in [5, 5.41) is 0.147. The maximum Gasteiger partial charge on any atom is 0.224 e. The van der Waals surface area contributed by atoms with Crippen LogP contribution in [-0.4, -0.2) is 17.1 Å². The van der Waals surface area contributed by atoms with Crippen LogP contribution in [0.3, 0.4) is 0 Å². The summed E-state index contributed by atoms with van der Waals surface area (Å²) in [5.41, 5.74) is 0. The van der Waals surface area contributed by atoms with Gasteiger partial charge in [0.25, 0.3) is 0 Å². The van der Waals surface area contributed by atoms with Gasteiger partial charge in [0, 0.05) is 31.4 Å². The first kappa shape index (κ1) is 13.6. The Kier molecular flexibility index (Phi) is 4.24. The lowest BCUT2D eigenvalue weighted by atomic mass is 10.3. The zero-order chi connectivity index (χ0) is 13.8. The number of rotatable bonds is 4. The first-order valence-corrected chi connectivity index (χ1v) is 5.61. The van der Waals surface area contributed by atoms with Crippen molar-refractivity contribution in [3.63, 3.8) is 0 Å². The van der Waals surface area contributed by atoms with E-state index < -0.39 is 11.6 Å². The molecule has 2 rings (SSSR count). The minimum absolute atomic E-state index is 0.0179. The van der Waals surface area contributed by atoms with Crippen molar-refractivity contribution >= 4 is 11.6 Å². The molecule has 0 aliphatic rings. The molecule has 0 aliphatic carbocycles. The summed E-state index contributed by atoms with van der Waals surface area (Å²) in [7, 11) is 1.48. The maximum absolute atomic E-state index is 13.0. The summed E-state index contributed by atoms with van der Waals surface area (Å²) in [6.45, 7) is 0.147. The van der Waals surface area contributed by atoms with Crippen molar-refractivity contribution in [2.24, 2.45) is 0 Å². The van der Waals surface area contributed by atoms with Crippen molar-refractivity contribution in [3.8, 4) is 11.6 Å². The van der Waals surface area contributed by atoms with Gasteiger partial charge in [-0.05, 0) is 0 Å². The van der Waals surface area contributed by atoms with E-state index in [1.165, 1.54) is 13.2 Å². The topological polar surface area (TPSA) is 44.2 Å². The number of hydrogen-bond donors (Lipinski definition) is 0. The molecule has 0 amide bonds. The second-order valence-electron chi connectivity index (χ2n) is 3.59. The summed E-state index contributed by atoms with van der Waals surface area (Å²) in [6.07, 6.45) is 0. The molecule has 2 aromatic rings. The molecule has 100 valence electrons. The normalized spacial score (nSPS) is 10.5. The van der Waals surface area contributed by atoms with E-state index in [9.17, 15) is 8.78 Å². The van der Waals surface area contributed by atoms with E-state index in [-0.39, 0.29) is 23.4 Å². The molecule has 0 aliphatic heterocycles. The van der Waals surface area contributed by atoms with Crippen molar-refractivity contribution in [3.05, 3.63) is 46.9 Å². The van der Waals surface area contributed by atoms with E-state index in [1.54, 1.807) is 0 Å². The Labute approximate surface area is 113 Å². The molecule has 0 unspecified atom stereocenters. The third kappa shape index (κ3) is 3.84. The fourth-order valence-electron chi connectivity index (χ4n) is 1.40. The molecule has 1 aromatic heterocycles. The lowest BCUT2D eigenvalue weighted by Gasteiger charge is -2.07. The number of benzene rings is 1. The van der Waals surface area contributed by atoms with Crippen LogP contribution in [0.15, 0.2) is 24.3 Å². The summed E-state index contributed by atoms with van der Waals surface area (Å²) in [6, 6.07) is 4.16. The van der Waals surface area contributed by atoms with Crippen LogP contribution in [0.1, 0.15) is 5.82 Å². The molecule has 0 bridgehead atoms. The van der Waals surface area contributed by atoms with Gasteiger partial charge in [-0.2, -0.15) is 4.98 Å². The number of aromatic nitrogens is 2. The minimum atomic E-state index is -0.743. The third-order valence-electron chi connectivity index (χ3n) is 2.05. The Morgan fingerprint density at radius 3 is 2.42 bits per heavy atom. The molecule has 4 nitrogen and oxygen atoms in total. The Bertz CT molecular complexity index is 576. The molecule has 19 heavy (non-hydrogen) atoms. The van der Waals surface area contributed by atoms with Gasteiger partial charge in [-0.15, -0.1) is 0 Å². The van der Waals surface area contributed by atoms with Gasteiger partial charge in [0.05, 0.1) is 0 Å². The Morgan fingerprint density at radius 2 is 1.79 bits per heavy atom. The van der Waals surface area contributed by atoms with Gasteiger partial charge >= 0.3 is 0 Å². The van der Waals surface area contributed by atoms with Crippen LogP contribution < -0.4 is 4.74 Å². The lowest BCUT2D eigenvalue weighted by Crippen LogP contribution is -1.99. The molecule has 0 radical (unpaired) electrons. The van der Waals surface area contributed by atoms with Crippen LogP contribution in [0.2, 0.25) is 5.15 Å². The van der Waals surface area contributed by atoms with E-state index in [0.717, 1.165) is 18.2 Å². The minimum Gasteiger partial charge on any atom is -0.439 e. The average molecular weight is 287 g/mol. The smallest absolute Gasteiger partial charge is 0.224 e. The van der Waals surface area contributed by atoms with Gasteiger partial charge in [-0.25, -0.2) is 13.8 Å². The zero-order valence-corrected chi connectivity index (χ0v) is 10.6. The van der Waals surface area contributed by atoms with Gasteiger partial charge in [0.15, 0.2) is 5.82 Å². The zero-order valence-electron chi connectivity index (χ0n) is 9.86. The molecular weight excluding hydrogens is 278 g/mol. The van der Waals surface area contributed by atoms with Crippen molar-refractivity contribution in [2.75, 3.05) is 7.11 Å². The second-order valence-corrected chi connectivity index (χ2v) is 3.97. The fraction of sp³-hybridized carbons (Fsp3) is 0.167. The van der Waals surface area contributed by atoms with E-state index in [2.05, 4.69) is 9.97 Å². The standard InChI is InChI=1S/C12H9ClF2N2O2/c1-18-6-11-16-10(13)5-12(17-11)19-9-3-7(14)2-8(15)4-9/h2-5H,6H2,1H3. The van der Waals surface area contributed by atoms with E-state index in [4.69, 9.17) is 21.1 Å². The predicted molar refractivity (Wildman–Crippen MR) is 64.2 cm³/mol. The average Bonchev–Trinajstić information content (AvgIpc) is 2.26. The molecule has 0 saturated heterocycles. The van der Waals surface area contributed by atoms with Gasteiger partial charge in [-0.1, -0.05) is 11.6 Å². The SMILES string of the molecule is COCc1nc(Cl)cc(Oc2cc(F)cc(F)c2)n1. The largest absolute Gasteiger partial charge is 0.439 e. The molecule has 7 heteroatoms. The summed E-state index contributed by atoms with van der Waals surface area (Å²) in [4.78, 5) is 7.89. The molecule has 0 N–H and O–H groups in total. The van der Waals surface area contributed by atoms with Crippen LogP contribution >= 0.6 is 11.6 Å². The van der Waals surface area contributed by atoms with Gasteiger partial charge in [-0.3, -0.25) is 0 Å². The molecule has 0 saturated carbocycles. The quantitative estimate of drug-likeness (QED) is 0.809. The van der Waals surface area contributed by atoms with Crippen LogP contribution in [0.5, 0.6) is 11.6 Å². The molecule has 1 aromatic carbocycles. The van der Waals surface area contributed by atoms with Crippen molar-refractivity contribution in [1.82, 2.24) is 9.97 Å². The highest BCUT2D eigenvalue weighted by molar-refractivity contribution is 6.29.